The van der Waals surface area contributed by atoms with Crippen LogP contribution in [0.15, 0.2) is 34.2 Å². The molecule has 5 rings (SSSR count). The Kier molecular flexibility index (Phi) is 5.45. The van der Waals surface area contributed by atoms with E-state index < -0.39 is 0 Å². The zero-order valence-corrected chi connectivity index (χ0v) is 18.3. The van der Waals surface area contributed by atoms with Crippen LogP contribution in [0.4, 0.5) is 0 Å². The van der Waals surface area contributed by atoms with Crippen molar-refractivity contribution in [2.75, 3.05) is 5.75 Å². The van der Waals surface area contributed by atoms with Gasteiger partial charge in [-0.3, -0.25) is 9.36 Å². The first-order chi connectivity index (χ1) is 14.7. The van der Waals surface area contributed by atoms with Gasteiger partial charge in [-0.1, -0.05) is 68.1 Å². The second kappa shape index (κ2) is 8.23. The van der Waals surface area contributed by atoms with E-state index >= 15 is 0 Å². The van der Waals surface area contributed by atoms with Gasteiger partial charge in [0.25, 0.3) is 5.56 Å². The quantitative estimate of drug-likeness (QED) is 0.487. The predicted molar refractivity (Wildman–Crippen MR) is 121 cm³/mol. The van der Waals surface area contributed by atoms with Gasteiger partial charge >= 0.3 is 0 Å². The Morgan fingerprint density at radius 2 is 1.90 bits per heavy atom. The van der Waals surface area contributed by atoms with Gasteiger partial charge in [-0.25, -0.2) is 4.98 Å². The topological polar surface area (TPSA) is 58.7 Å². The number of rotatable bonds is 4. The van der Waals surface area contributed by atoms with Crippen molar-refractivity contribution in [3.05, 3.63) is 45.7 Å². The van der Waals surface area contributed by atoms with Crippen LogP contribution in [0, 0.1) is 17.2 Å². The van der Waals surface area contributed by atoms with E-state index in [1.54, 1.807) is 0 Å². The fourth-order valence-electron chi connectivity index (χ4n) is 6.04. The molecule has 0 bridgehead atoms. The van der Waals surface area contributed by atoms with Crippen LogP contribution >= 0.6 is 11.8 Å². The number of thioether (sulfide) groups is 1. The number of aromatic nitrogens is 2. The second-order valence-corrected chi connectivity index (χ2v) is 10.2. The molecule has 4 nitrogen and oxygen atoms in total. The molecular formula is C25H29N3OS. The van der Waals surface area contributed by atoms with Crippen molar-refractivity contribution in [2.24, 2.45) is 5.92 Å². The number of nitriles is 1. The Bertz CT molecular complexity index is 1040. The van der Waals surface area contributed by atoms with Crippen molar-refractivity contribution in [1.82, 2.24) is 9.55 Å². The summed E-state index contributed by atoms with van der Waals surface area (Å²) in [4.78, 5) is 19.2. The highest BCUT2D eigenvalue weighted by molar-refractivity contribution is 7.99. The van der Waals surface area contributed by atoms with Gasteiger partial charge in [0.05, 0.1) is 23.1 Å². The molecule has 3 aliphatic carbocycles. The molecule has 2 saturated carbocycles. The molecule has 1 aromatic heterocycles. The molecule has 0 atom stereocenters. The van der Waals surface area contributed by atoms with Crippen LogP contribution in [0.25, 0.3) is 11.3 Å². The first kappa shape index (κ1) is 19.9. The molecule has 1 heterocycles. The minimum absolute atomic E-state index is 0.0676. The third-order valence-corrected chi connectivity index (χ3v) is 8.30. The minimum atomic E-state index is -0.0676. The fourth-order valence-corrected chi connectivity index (χ4v) is 6.70. The molecule has 2 aromatic rings. The maximum absolute atomic E-state index is 14.1. The summed E-state index contributed by atoms with van der Waals surface area (Å²) < 4.78 is 1.95. The Hall–Kier alpha value is -2.06. The average Bonchev–Trinajstić information content (AvgIpc) is 3.28. The lowest BCUT2D eigenvalue weighted by molar-refractivity contribution is 0.280. The number of nitrogens with zero attached hydrogens (tertiary/aromatic N) is 3. The van der Waals surface area contributed by atoms with Crippen molar-refractivity contribution >= 4 is 11.8 Å². The number of benzene rings is 1. The van der Waals surface area contributed by atoms with Crippen molar-refractivity contribution in [1.29, 1.82) is 5.26 Å². The van der Waals surface area contributed by atoms with E-state index in [4.69, 9.17) is 4.98 Å². The monoisotopic (exact) mass is 419 g/mol. The Morgan fingerprint density at radius 3 is 2.67 bits per heavy atom. The van der Waals surface area contributed by atoms with E-state index in [1.807, 2.05) is 4.57 Å². The largest absolute Gasteiger partial charge is 0.287 e. The van der Waals surface area contributed by atoms with E-state index in [-0.39, 0.29) is 11.0 Å². The molecule has 5 heteroatoms. The van der Waals surface area contributed by atoms with Gasteiger partial charge in [-0.2, -0.15) is 5.26 Å². The second-order valence-electron chi connectivity index (χ2n) is 9.31. The molecular weight excluding hydrogens is 390 g/mol. The zero-order valence-electron chi connectivity index (χ0n) is 17.5. The summed E-state index contributed by atoms with van der Waals surface area (Å²) in [5.74, 6) is 0.880. The van der Waals surface area contributed by atoms with E-state index in [2.05, 4.69) is 30.3 Å². The summed E-state index contributed by atoms with van der Waals surface area (Å²) in [5, 5.41) is 9.91. The molecule has 1 spiro atoms. The Balaban J connectivity index is 1.72. The number of hydrogen-bond donors (Lipinski definition) is 0. The molecule has 2 fully saturated rings. The standard InChI is InChI=1S/C25H29N3OS/c26-14-15-30-24-27-22-20-11-5-4-10-19(20)16-25(12-6-1-7-13-25)21(22)23(29)28(24)17-18-8-2-3-9-18/h4-5,10-11,18H,1-3,6-9,12-13,15-17H2. The summed E-state index contributed by atoms with van der Waals surface area (Å²) >= 11 is 1.42. The average molecular weight is 420 g/mol. The predicted octanol–water partition coefficient (Wildman–Crippen LogP) is 5.47. The molecule has 0 aliphatic heterocycles. The summed E-state index contributed by atoms with van der Waals surface area (Å²) in [6.45, 7) is 0.755. The molecule has 156 valence electrons. The summed E-state index contributed by atoms with van der Waals surface area (Å²) in [5.41, 5.74) is 4.41. The third kappa shape index (κ3) is 3.39. The van der Waals surface area contributed by atoms with Crippen LogP contribution in [0.1, 0.15) is 68.9 Å². The normalized spacial score (nSPS) is 20.0. The zero-order chi connectivity index (χ0) is 20.6. The van der Waals surface area contributed by atoms with Gasteiger partial charge in [0.2, 0.25) is 0 Å². The highest BCUT2D eigenvalue weighted by Crippen LogP contribution is 2.48. The highest BCUT2D eigenvalue weighted by atomic mass is 32.2. The van der Waals surface area contributed by atoms with Crippen LogP contribution < -0.4 is 5.56 Å². The molecule has 0 saturated heterocycles. The highest BCUT2D eigenvalue weighted by Gasteiger charge is 2.43. The third-order valence-electron chi connectivity index (χ3n) is 7.46. The van der Waals surface area contributed by atoms with Crippen LogP contribution in [-0.2, 0) is 18.4 Å². The molecule has 0 amide bonds. The molecule has 30 heavy (non-hydrogen) atoms. The Labute approximate surface area is 182 Å². The Morgan fingerprint density at radius 1 is 1.13 bits per heavy atom. The van der Waals surface area contributed by atoms with Crippen LogP contribution in [-0.4, -0.2) is 15.3 Å². The molecule has 1 aromatic carbocycles. The van der Waals surface area contributed by atoms with Gasteiger partial charge in [0, 0.05) is 17.5 Å². The van der Waals surface area contributed by atoms with Gasteiger partial charge in [0.15, 0.2) is 5.16 Å². The lowest BCUT2D eigenvalue weighted by atomic mass is 9.62. The fraction of sp³-hybridized carbons (Fsp3) is 0.560. The van der Waals surface area contributed by atoms with Gasteiger partial charge < -0.3 is 0 Å². The van der Waals surface area contributed by atoms with E-state index in [0.717, 1.165) is 47.8 Å². The SMILES string of the molecule is N#CCSc1nc2c(c(=O)n1CC1CCCC1)C1(CCCCC1)Cc1ccccc1-2. The van der Waals surface area contributed by atoms with Gasteiger partial charge in [0.1, 0.15) is 0 Å². The first-order valence-electron chi connectivity index (χ1n) is 11.5. The van der Waals surface area contributed by atoms with Crippen molar-refractivity contribution < 1.29 is 0 Å². The molecule has 0 N–H and O–H groups in total. The molecule has 3 aliphatic rings. The van der Waals surface area contributed by atoms with Crippen LogP contribution in [0.2, 0.25) is 0 Å². The van der Waals surface area contributed by atoms with Crippen molar-refractivity contribution in [2.45, 2.75) is 81.3 Å². The lowest BCUT2D eigenvalue weighted by Crippen LogP contribution is -2.43. The molecule has 0 radical (unpaired) electrons. The maximum Gasteiger partial charge on any atom is 0.258 e. The maximum atomic E-state index is 14.1. The minimum Gasteiger partial charge on any atom is -0.287 e. The van der Waals surface area contributed by atoms with E-state index in [0.29, 0.717) is 11.7 Å². The van der Waals surface area contributed by atoms with Crippen molar-refractivity contribution in [3.63, 3.8) is 0 Å². The van der Waals surface area contributed by atoms with Crippen molar-refractivity contribution in [3.8, 4) is 17.3 Å². The van der Waals surface area contributed by atoms with Crippen LogP contribution in [0.5, 0.6) is 0 Å². The smallest absolute Gasteiger partial charge is 0.258 e. The number of hydrogen-bond acceptors (Lipinski definition) is 4. The van der Waals surface area contributed by atoms with Crippen LogP contribution in [0.3, 0.4) is 0 Å². The summed E-state index contributed by atoms with van der Waals surface area (Å²) in [7, 11) is 0. The van der Waals surface area contributed by atoms with E-state index in [1.165, 1.54) is 62.3 Å². The summed E-state index contributed by atoms with van der Waals surface area (Å²) in [6, 6.07) is 10.7. The van der Waals surface area contributed by atoms with E-state index in [9.17, 15) is 10.1 Å². The summed E-state index contributed by atoms with van der Waals surface area (Å²) in [6.07, 6.45) is 11.7. The van der Waals surface area contributed by atoms with Gasteiger partial charge in [-0.15, -0.1) is 0 Å². The van der Waals surface area contributed by atoms with Gasteiger partial charge in [-0.05, 0) is 43.6 Å². The number of fused-ring (bicyclic) bond motifs is 4. The first-order valence-corrected chi connectivity index (χ1v) is 12.4. The lowest BCUT2D eigenvalue weighted by Gasteiger charge is -2.42. The molecule has 0 unspecified atom stereocenters.